The first-order valence-corrected chi connectivity index (χ1v) is 9.55. The molecule has 24 heavy (non-hydrogen) atoms. The molecule has 1 aliphatic heterocycles. The molecule has 0 spiro atoms. The number of thiophene rings is 1. The number of fused-ring (bicyclic) bond motifs is 1. The zero-order valence-corrected chi connectivity index (χ0v) is 14.8. The molecule has 1 fully saturated rings. The van der Waals surface area contributed by atoms with Crippen LogP contribution >= 0.6 is 11.3 Å². The molecule has 1 amide bonds. The molecule has 3 heterocycles. The minimum Gasteiger partial charge on any atom is -0.379 e. The average Bonchev–Trinajstić information content (AvgIpc) is 3.11. The largest absolute Gasteiger partial charge is 0.379 e. The van der Waals surface area contributed by atoms with Gasteiger partial charge in [-0.3, -0.25) is 9.48 Å². The summed E-state index contributed by atoms with van der Waals surface area (Å²) in [5, 5.41) is 8.47. The van der Waals surface area contributed by atoms with Crippen LogP contribution in [-0.4, -0.2) is 40.3 Å². The lowest BCUT2D eigenvalue weighted by atomic mass is 9.99. The highest BCUT2D eigenvalue weighted by Crippen LogP contribution is 2.32. The van der Waals surface area contributed by atoms with E-state index in [0.29, 0.717) is 13.0 Å². The number of hydrogen-bond acceptors (Lipinski definition) is 4. The first-order chi connectivity index (χ1) is 11.7. The Labute approximate surface area is 146 Å². The summed E-state index contributed by atoms with van der Waals surface area (Å²) in [6, 6.07) is 2.01. The van der Waals surface area contributed by atoms with E-state index >= 15 is 0 Å². The van der Waals surface area contributed by atoms with Gasteiger partial charge in [-0.25, -0.2) is 0 Å². The molecule has 1 saturated carbocycles. The smallest absolute Gasteiger partial charge is 0.227 e. The highest BCUT2D eigenvalue weighted by Gasteiger charge is 2.34. The number of nitrogens with zero attached hydrogens (tertiary/aromatic N) is 3. The van der Waals surface area contributed by atoms with Gasteiger partial charge in [0.2, 0.25) is 5.91 Å². The third kappa shape index (κ3) is 3.26. The third-order valence-electron chi connectivity index (χ3n) is 4.96. The van der Waals surface area contributed by atoms with Crippen LogP contribution in [0.2, 0.25) is 0 Å². The lowest BCUT2D eigenvalue weighted by molar-refractivity contribution is -0.135. The number of aromatic nitrogens is 2. The maximum atomic E-state index is 12.9. The molecular formula is C18H23N3O2S. The van der Waals surface area contributed by atoms with Crippen molar-refractivity contribution in [2.45, 2.75) is 31.7 Å². The van der Waals surface area contributed by atoms with Gasteiger partial charge in [0.05, 0.1) is 31.0 Å². The first-order valence-electron chi connectivity index (χ1n) is 8.61. The van der Waals surface area contributed by atoms with Crippen LogP contribution in [0.5, 0.6) is 0 Å². The van der Waals surface area contributed by atoms with Crippen LogP contribution in [0, 0.1) is 5.92 Å². The molecule has 0 bridgehead atoms. The van der Waals surface area contributed by atoms with E-state index < -0.39 is 0 Å². The Morgan fingerprint density at radius 2 is 2.29 bits per heavy atom. The minimum atomic E-state index is -0.0221. The highest BCUT2D eigenvalue weighted by molar-refractivity contribution is 7.08. The molecule has 1 atom stereocenters. The summed E-state index contributed by atoms with van der Waals surface area (Å²) < 4.78 is 7.87. The molecule has 0 unspecified atom stereocenters. The van der Waals surface area contributed by atoms with Gasteiger partial charge in [-0.05, 0) is 53.1 Å². The van der Waals surface area contributed by atoms with Gasteiger partial charge >= 0.3 is 0 Å². The molecule has 128 valence electrons. The second-order valence-corrected chi connectivity index (χ2v) is 7.60. The monoisotopic (exact) mass is 345 g/mol. The quantitative estimate of drug-likeness (QED) is 0.808. The second-order valence-electron chi connectivity index (χ2n) is 6.82. The number of carbonyl (C=O) groups excluding carboxylic acids is 1. The molecule has 0 saturated heterocycles. The van der Waals surface area contributed by atoms with Gasteiger partial charge < -0.3 is 9.64 Å². The summed E-state index contributed by atoms with van der Waals surface area (Å²) in [6.45, 7) is 2.13. The van der Waals surface area contributed by atoms with Crippen LogP contribution in [0.25, 0.3) is 0 Å². The van der Waals surface area contributed by atoms with Crippen LogP contribution in [0.15, 0.2) is 23.0 Å². The molecule has 0 radical (unpaired) electrons. The zero-order chi connectivity index (χ0) is 16.5. The molecule has 1 aliphatic carbocycles. The normalized spacial score (nSPS) is 20.2. The summed E-state index contributed by atoms with van der Waals surface area (Å²) >= 11 is 1.64. The van der Waals surface area contributed by atoms with Gasteiger partial charge in [0.1, 0.15) is 0 Å². The second kappa shape index (κ2) is 6.69. The standard InChI is InChI=1S/C18H23N3O2S/c1-20-18-15(9-19-20)4-6-21(16(18)11-23-10-13-2-3-13)17(22)8-14-5-7-24-12-14/h5,7,9,12-13,16H,2-4,6,8,10-11H2,1H3/t16-/m0/s1. The number of ether oxygens (including phenoxy) is 1. The fraction of sp³-hybridized carbons (Fsp3) is 0.556. The molecule has 2 aromatic rings. The average molecular weight is 345 g/mol. The number of hydrogen-bond donors (Lipinski definition) is 0. The van der Waals surface area contributed by atoms with Gasteiger partial charge in [-0.2, -0.15) is 16.4 Å². The number of carbonyl (C=O) groups is 1. The topological polar surface area (TPSA) is 47.4 Å². The zero-order valence-electron chi connectivity index (χ0n) is 14.0. The first kappa shape index (κ1) is 15.8. The van der Waals surface area contributed by atoms with Gasteiger partial charge in [-0.1, -0.05) is 0 Å². The molecule has 5 nitrogen and oxygen atoms in total. The van der Waals surface area contributed by atoms with Crippen molar-refractivity contribution in [3.63, 3.8) is 0 Å². The van der Waals surface area contributed by atoms with Crippen LogP contribution in [0.3, 0.4) is 0 Å². The van der Waals surface area contributed by atoms with E-state index in [0.717, 1.165) is 36.7 Å². The maximum absolute atomic E-state index is 12.9. The van der Waals surface area contributed by atoms with Crippen molar-refractivity contribution in [3.05, 3.63) is 39.8 Å². The van der Waals surface area contributed by atoms with E-state index in [1.165, 1.54) is 18.4 Å². The van der Waals surface area contributed by atoms with Crippen molar-refractivity contribution in [3.8, 4) is 0 Å². The van der Waals surface area contributed by atoms with Gasteiger partial charge in [0.15, 0.2) is 0 Å². The van der Waals surface area contributed by atoms with Gasteiger partial charge in [-0.15, -0.1) is 0 Å². The van der Waals surface area contributed by atoms with E-state index in [1.807, 2.05) is 34.3 Å². The van der Waals surface area contributed by atoms with Crippen molar-refractivity contribution in [2.24, 2.45) is 13.0 Å². The van der Waals surface area contributed by atoms with Crippen LogP contribution < -0.4 is 0 Å². The summed E-state index contributed by atoms with van der Waals surface area (Å²) in [6.07, 6.45) is 5.84. The predicted octanol–water partition coefficient (Wildman–Crippen LogP) is 2.58. The predicted molar refractivity (Wildman–Crippen MR) is 92.9 cm³/mol. The fourth-order valence-electron chi connectivity index (χ4n) is 3.43. The summed E-state index contributed by atoms with van der Waals surface area (Å²) in [5.41, 5.74) is 3.48. The Bertz CT molecular complexity index is 706. The molecule has 2 aliphatic rings. The Kier molecular flexibility index (Phi) is 4.41. The summed E-state index contributed by atoms with van der Waals surface area (Å²) in [7, 11) is 1.96. The minimum absolute atomic E-state index is 0.0221. The Balaban J connectivity index is 1.52. The maximum Gasteiger partial charge on any atom is 0.227 e. The lowest BCUT2D eigenvalue weighted by Crippen LogP contribution is -2.43. The van der Waals surface area contributed by atoms with Crippen molar-refractivity contribution >= 4 is 17.2 Å². The highest BCUT2D eigenvalue weighted by atomic mass is 32.1. The lowest BCUT2D eigenvalue weighted by Gasteiger charge is -2.36. The van der Waals surface area contributed by atoms with Crippen molar-refractivity contribution in [2.75, 3.05) is 19.8 Å². The van der Waals surface area contributed by atoms with Gasteiger partial charge in [0, 0.05) is 20.2 Å². The molecule has 0 N–H and O–H groups in total. The molecule has 4 rings (SSSR count). The summed E-state index contributed by atoms with van der Waals surface area (Å²) in [4.78, 5) is 14.9. The van der Waals surface area contributed by atoms with E-state index in [2.05, 4.69) is 10.5 Å². The van der Waals surface area contributed by atoms with Crippen LogP contribution in [0.1, 0.15) is 35.7 Å². The SMILES string of the molecule is Cn1ncc2c1[C@H](COCC1CC1)N(C(=O)Cc1ccsc1)CC2. The Morgan fingerprint density at radius 1 is 1.42 bits per heavy atom. The third-order valence-corrected chi connectivity index (χ3v) is 5.69. The molecule has 6 heteroatoms. The molecular weight excluding hydrogens is 322 g/mol. The number of aryl methyl sites for hydroxylation is 1. The van der Waals surface area contributed by atoms with Crippen molar-refractivity contribution in [1.82, 2.24) is 14.7 Å². The molecule has 0 aromatic carbocycles. The van der Waals surface area contributed by atoms with Crippen molar-refractivity contribution in [1.29, 1.82) is 0 Å². The van der Waals surface area contributed by atoms with E-state index in [1.54, 1.807) is 11.3 Å². The van der Waals surface area contributed by atoms with Crippen LogP contribution in [0.4, 0.5) is 0 Å². The summed E-state index contributed by atoms with van der Waals surface area (Å²) in [5.74, 6) is 0.912. The van der Waals surface area contributed by atoms with Crippen molar-refractivity contribution < 1.29 is 9.53 Å². The Morgan fingerprint density at radius 3 is 3.04 bits per heavy atom. The van der Waals surface area contributed by atoms with E-state index in [9.17, 15) is 4.79 Å². The fourth-order valence-corrected chi connectivity index (χ4v) is 4.10. The van der Waals surface area contributed by atoms with Crippen LogP contribution in [-0.2, 0) is 29.4 Å². The molecule has 2 aromatic heterocycles. The number of rotatable bonds is 6. The number of amides is 1. The van der Waals surface area contributed by atoms with E-state index in [4.69, 9.17) is 4.74 Å². The van der Waals surface area contributed by atoms with E-state index in [-0.39, 0.29) is 11.9 Å². The Hall–Kier alpha value is -1.66. The van der Waals surface area contributed by atoms with Gasteiger partial charge in [0.25, 0.3) is 0 Å².